The Morgan fingerprint density at radius 3 is 2.86 bits per heavy atom. The molecular weight excluding hydrogens is 172 g/mol. The fraction of sp³-hybridized carbons (Fsp3) is 0.583. The molecule has 1 saturated heterocycles. The van der Waals surface area contributed by atoms with E-state index in [1.54, 1.807) is 0 Å². The van der Waals surface area contributed by atoms with E-state index in [-0.39, 0.29) is 0 Å². The van der Waals surface area contributed by atoms with Crippen LogP contribution in [0.5, 0.6) is 0 Å². The summed E-state index contributed by atoms with van der Waals surface area (Å²) < 4.78 is 0. The second kappa shape index (κ2) is 5.11. The van der Waals surface area contributed by atoms with Gasteiger partial charge in [0.25, 0.3) is 0 Å². The summed E-state index contributed by atoms with van der Waals surface area (Å²) in [6.45, 7) is 1.21. The number of nitrogens with zero attached hydrogens (tertiary/aromatic N) is 1. The number of piperidine rings is 1. The van der Waals surface area contributed by atoms with Crippen LogP contribution in [0.1, 0.15) is 31.2 Å². The van der Waals surface area contributed by atoms with Crippen LogP contribution in [0.3, 0.4) is 0 Å². The van der Waals surface area contributed by atoms with Gasteiger partial charge in [0.2, 0.25) is 0 Å². The van der Waals surface area contributed by atoms with Gasteiger partial charge in [0.05, 0.1) is 0 Å². The molecule has 0 aliphatic carbocycles. The number of aromatic nitrogens is 1. The van der Waals surface area contributed by atoms with Crippen molar-refractivity contribution in [3.8, 4) is 0 Å². The molecule has 1 unspecified atom stereocenters. The van der Waals surface area contributed by atoms with Crippen LogP contribution < -0.4 is 5.32 Å². The third-order valence-electron chi connectivity index (χ3n) is 2.94. The molecule has 2 heteroatoms. The van der Waals surface area contributed by atoms with E-state index in [9.17, 15) is 0 Å². The molecule has 1 fully saturated rings. The Bertz CT molecular complexity index is 252. The lowest BCUT2D eigenvalue weighted by molar-refractivity contribution is 0.383. The van der Waals surface area contributed by atoms with Crippen molar-refractivity contribution in [2.45, 2.75) is 38.1 Å². The molecule has 76 valence electrons. The molecule has 1 atom stereocenters. The number of hydrogen-bond acceptors (Lipinski definition) is 2. The highest BCUT2D eigenvalue weighted by molar-refractivity contribution is 5.09. The molecule has 1 aliphatic rings. The zero-order chi connectivity index (χ0) is 9.64. The average Bonchev–Trinajstić information content (AvgIpc) is 2.29. The fourth-order valence-corrected chi connectivity index (χ4v) is 2.06. The summed E-state index contributed by atoms with van der Waals surface area (Å²) in [5.74, 6) is 0. The van der Waals surface area contributed by atoms with Gasteiger partial charge in [0.1, 0.15) is 0 Å². The van der Waals surface area contributed by atoms with Crippen molar-refractivity contribution >= 4 is 0 Å². The summed E-state index contributed by atoms with van der Waals surface area (Å²) in [5, 5.41) is 3.57. The maximum absolute atomic E-state index is 4.02. The van der Waals surface area contributed by atoms with Gasteiger partial charge < -0.3 is 5.32 Å². The minimum absolute atomic E-state index is 0.747. The SMILES string of the molecule is c1cc(CCC2CCCCN2)ccn1. The van der Waals surface area contributed by atoms with Gasteiger partial charge in [-0.25, -0.2) is 0 Å². The zero-order valence-corrected chi connectivity index (χ0v) is 8.58. The molecule has 1 aromatic heterocycles. The Labute approximate surface area is 85.7 Å². The number of rotatable bonds is 3. The third-order valence-corrected chi connectivity index (χ3v) is 2.94. The third kappa shape index (κ3) is 2.81. The predicted molar refractivity (Wildman–Crippen MR) is 58.2 cm³/mol. The maximum Gasteiger partial charge on any atom is 0.0270 e. The van der Waals surface area contributed by atoms with Crippen molar-refractivity contribution in [3.63, 3.8) is 0 Å². The lowest BCUT2D eigenvalue weighted by Gasteiger charge is -2.23. The average molecular weight is 190 g/mol. The highest BCUT2D eigenvalue weighted by atomic mass is 14.9. The molecule has 2 nitrogen and oxygen atoms in total. The zero-order valence-electron chi connectivity index (χ0n) is 8.58. The first kappa shape index (κ1) is 9.66. The van der Waals surface area contributed by atoms with Gasteiger partial charge in [-0.05, 0) is 49.9 Å². The molecule has 0 spiro atoms. The van der Waals surface area contributed by atoms with Crippen molar-refractivity contribution in [2.75, 3.05) is 6.54 Å². The second-order valence-corrected chi connectivity index (χ2v) is 4.04. The normalized spacial score (nSPS) is 22.1. The van der Waals surface area contributed by atoms with Gasteiger partial charge in [0.15, 0.2) is 0 Å². The summed E-state index contributed by atoms with van der Waals surface area (Å²) in [7, 11) is 0. The predicted octanol–water partition coefficient (Wildman–Crippen LogP) is 2.16. The summed E-state index contributed by atoms with van der Waals surface area (Å²) >= 11 is 0. The number of aryl methyl sites for hydroxylation is 1. The molecule has 1 N–H and O–H groups in total. The molecule has 1 aromatic rings. The van der Waals surface area contributed by atoms with Crippen molar-refractivity contribution in [1.82, 2.24) is 10.3 Å². The van der Waals surface area contributed by atoms with Crippen LogP contribution >= 0.6 is 0 Å². The van der Waals surface area contributed by atoms with Crippen molar-refractivity contribution in [1.29, 1.82) is 0 Å². The van der Waals surface area contributed by atoms with Gasteiger partial charge in [0, 0.05) is 18.4 Å². The van der Waals surface area contributed by atoms with Crippen LogP contribution in [-0.2, 0) is 6.42 Å². The van der Waals surface area contributed by atoms with Gasteiger partial charge in [-0.3, -0.25) is 4.98 Å². The summed E-state index contributed by atoms with van der Waals surface area (Å²) in [4.78, 5) is 4.02. The molecule has 0 bridgehead atoms. The molecule has 0 saturated carbocycles. The van der Waals surface area contributed by atoms with Crippen molar-refractivity contribution < 1.29 is 0 Å². The van der Waals surface area contributed by atoms with Crippen LogP contribution in [0, 0.1) is 0 Å². The Balaban J connectivity index is 1.76. The number of pyridine rings is 1. The van der Waals surface area contributed by atoms with Gasteiger partial charge in [-0.15, -0.1) is 0 Å². The molecule has 0 amide bonds. The van der Waals surface area contributed by atoms with Crippen LogP contribution in [0.2, 0.25) is 0 Å². The quantitative estimate of drug-likeness (QED) is 0.790. The van der Waals surface area contributed by atoms with E-state index in [4.69, 9.17) is 0 Å². The maximum atomic E-state index is 4.02. The highest BCUT2D eigenvalue weighted by Crippen LogP contribution is 2.12. The number of hydrogen-bond donors (Lipinski definition) is 1. The van der Waals surface area contributed by atoms with Crippen molar-refractivity contribution in [3.05, 3.63) is 30.1 Å². The first-order chi connectivity index (χ1) is 6.95. The standard InChI is InChI=1S/C12H18N2/c1-2-8-14-12(3-1)5-4-11-6-9-13-10-7-11/h6-7,9-10,12,14H,1-5,8H2. The Hall–Kier alpha value is -0.890. The van der Waals surface area contributed by atoms with E-state index in [1.807, 2.05) is 12.4 Å². The van der Waals surface area contributed by atoms with E-state index in [1.165, 1.54) is 44.2 Å². The van der Waals surface area contributed by atoms with Gasteiger partial charge in [-0.1, -0.05) is 6.42 Å². The van der Waals surface area contributed by atoms with Crippen LogP contribution in [0.4, 0.5) is 0 Å². The monoisotopic (exact) mass is 190 g/mol. The molecular formula is C12H18N2. The minimum atomic E-state index is 0.747. The van der Waals surface area contributed by atoms with E-state index in [0.717, 1.165) is 6.04 Å². The first-order valence-corrected chi connectivity index (χ1v) is 5.57. The summed E-state index contributed by atoms with van der Waals surface area (Å²) in [5.41, 5.74) is 1.41. The number of nitrogens with one attached hydrogen (secondary N) is 1. The molecule has 2 heterocycles. The highest BCUT2D eigenvalue weighted by Gasteiger charge is 2.11. The Morgan fingerprint density at radius 1 is 1.29 bits per heavy atom. The van der Waals surface area contributed by atoms with Crippen molar-refractivity contribution in [2.24, 2.45) is 0 Å². The van der Waals surface area contributed by atoms with Crippen LogP contribution in [0.15, 0.2) is 24.5 Å². The Morgan fingerprint density at radius 2 is 2.14 bits per heavy atom. The molecule has 0 radical (unpaired) electrons. The van der Waals surface area contributed by atoms with E-state index >= 15 is 0 Å². The molecule has 14 heavy (non-hydrogen) atoms. The fourth-order valence-electron chi connectivity index (χ4n) is 2.06. The lowest BCUT2D eigenvalue weighted by Crippen LogP contribution is -2.34. The minimum Gasteiger partial charge on any atom is -0.314 e. The second-order valence-electron chi connectivity index (χ2n) is 4.04. The summed E-state index contributed by atoms with van der Waals surface area (Å²) in [6, 6.07) is 4.97. The van der Waals surface area contributed by atoms with Crippen LogP contribution in [-0.4, -0.2) is 17.6 Å². The summed E-state index contributed by atoms with van der Waals surface area (Å²) in [6.07, 6.45) is 10.3. The topological polar surface area (TPSA) is 24.9 Å². The van der Waals surface area contributed by atoms with Gasteiger partial charge >= 0.3 is 0 Å². The lowest BCUT2D eigenvalue weighted by atomic mass is 9.98. The van der Waals surface area contributed by atoms with Crippen LogP contribution in [0.25, 0.3) is 0 Å². The molecule has 1 aliphatic heterocycles. The first-order valence-electron chi connectivity index (χ1n) is 5.57. The smallest absolute Gasteiger partial charge is 0.0270 e. The molecule has 0 aromatic carbocycles. The largest absolute Gasteiger partial charge is 0.314 e. The van der Waals surface area contributed by atoms with Gasteiger partial charge in [-0.2, -0.15) is 0 Å². The molecule has 2 rings (SSSR count). The van der Waals surface area contributed by atoms with E-state index in [0.29, 0.717) is 0 Å². The Kier molecular flexibility index (Phi) is 3.52. The van der Waals surface area contributed by atoms with E-state index in [2.05, 4.69) is 22.4 Å². The van der Waals surface area contributed by atoms with E-state index < -0.39 is 0 Å².